The lowest BCUT2D eigenvalue weighted by Crippen LogP contribution is -2.46. The first kappa shape index (κ1) is 16.2. The molecule has 0 spiro atoms. The lowest BCUT2D eigenvalue weighted by molar-refractivity contribution is -0.132. The Morgan fingerprint density at radius 3 is 2.59 bits per heavy atom. The summed E-state index contributed by atoms with van der Waals surface area (Å²) in [4.78, 5) is 25.6. The van der Waals surface area contributed by atoms with E-state index in [0.717, 1.165) is 12.0 Å². The molecular weight excluding hydrogens is 278 g/mol. The molecule has 0 saturated heterocycles. The summed E-state index contributed by atoms with van der Waals surface area (Å²) in [5.74, 6) is -0.517. The third-order valence-electron chi connectivity index (χ3n) is 4.30. The summed E-state index contributed by atoms with van der Waals surface area (Å²) in [7, 11) is 1.69. The smallest absolute Gasteiger partial charge is 0.246 e. The maximum atomic E-state index is 12.2. The van der Waals surface area contributed by atoms with E-state index in [1.54, 1.807) is 18.0 Å². The lowest BCUT2D eigenvalue weighted by atomic mass is 9.84. The van der Waals surface area contributed by atoms with Crippen molar-refractivity contribution in [2.75, 3.05) is 13.6 Å². The van der Waals surface area contributed by atoms with Crippen molar-refractivity contribution in [2.45, 2.75) is 25.3 Å². The van der Waals surface area contributed by atoms with Crippen molar-refractivity contribution >= 4 is 17.9 Å². The molecule has 118 valence electrons. The van der Waals surface area contributed by atoms with Gasteiger partial charge in [-0.05, 0) is 30.9 Å². The van der Waals surface area contributed by atoms with Crippen LogP contribution < -0.4 is 11.5 Å². The Bertz CT molecular complexity index is 571. The standard InChI is InChI=1S/C17H23N3O2/c1-20(12-17(16(19)22)10-9-14(18)11-17)15(21)8-7-13-5-3-2-4-6-13/h2-8,14H,9-12,18H2,1H3,(H2,19,22)/b8-7+/t14?,17-/m0/s1. The van der Waals surface area contributed by atoms with Crippen molar-refractivity contribution in [3.05, 3.63) is 42.0 Å². The van der Waals surface area contributed by atoms with Gasteiger partial charge >= 0.3 is 0 Å². The SMILES string of the molecule is CN(C[C@]1(C(N)=O)CCC(N)C1)C(=O)/C=C/c1ccccc1. The quantitative estimate of drug-likeness (QED) is 0.799. The van der Waals surface area contributed by atoms with Crippen LogP contribution in [0.4, 0.5) is 0 Å². The Morgan fingerprint density at radius 2 is 2.05 bits per heavy atom. The zero-order valence-corrected chi connectivity index (χ0v) is 12.9. The van der Waals surface area contributed by atoms with Gasteiger partial charge in [-0.1, -0.05) is 30.3 Å². The maximum absolute atomic E-state index is 12.2. The summed E-state index contributed by atoms with van der Waals surface area (Å²) in [6.07, 6.45) is 5.23. The third-order valence-corrected chi connectivity index (χ3v) is 4.30. The average Bonchev–Trinajstić information content (AvgIpc) is 2.88. The minimum Gasteiger partial charge on any atom is -0.369 e. The van der Waals surface area contributed by atoms with E-state index in [1.807, 2.05) is 30.3 Å². The minimum absolute atomic E-state index is 0.0177. The van der Waals surface area contributed by atoms with Gasteiger partial charge in [0.25, 0.3) is 0 Å². The van der Waals surface area contributed by atoms with Crippen molar-refractivity contribution in [2.24, 2.45) is 16.9 Å². The predicted molar refractivity (Wildman–Crippen MR) is 86.6 cm³/mol. The van der Waals surface area contributed by atoms with Crippen molar-refractivity contribution in [3.63, 3.8) is 0 Å². The second kappa shape index (κ2) is 6.75. The molecule has 1 aromatic carbocycles. The van der Waals surface area contributed by atoms with Crippen LogP contribution in [0.25, 0.3) is 6.08 Å². The zero-order valence-electron chi connectivity index (χ0n) is 12.9. The van der Waals surface area contributed by atoms with E-state index in [9.17, 15) is 9.59 Å². The first-order valence-electron chi connectivity index (χ1n) is 7.47. The summed E-state index contributed by atoms with van der Waals surface area (Å²) in [6.45, 7) is 0.313. The lowest BCUT2D eigenvalue weighted by Gasteiger charge is -2.30. The Labute approximate surface area is 131 Å². The number of carbonyl (C=O) groups is 2. The highest BCUT2D eigenvalue weighted by atomic mass is 16.2. The second-order valence-electron chi connectivity index (χ2n) is 6.09. The van der Waals surface area contributed by atoms with Crippen LogP contribution in [0, 0.1) is 5.41 Å². The zero-order chi connectivity index (χ0) is 16.2. The molecule has 0 bridgehead atoms. The molecule has 22 heavy (non-hydrogen) atoms. The van der Waals surface area contributed by atoms with Crippen LogP contribution in [0.2, 0.25) is 0 Å². The number of hydrogen-bond donors (Lipinski definition) is 2. The first-order valence-corrected chi connectivity index (χ1v) is 7.47. The fourth-order valence-corrected chi connectivity index (χ4v) is 3.00. The third kappa shape index (κ3) is 3.74. The van der Waals surface area contributed by atoms with E-state index in [1.165, 1.54) is 6.08 Å². The van der Waals surface area contributed by atoms with Gasteiger partial charge in [0.2, 0.25) is 11.8 Å². The molecule has 0 aliphatic heterocycles. The van der Waals surface area contributed by atoms with Gasteiger partial charge < -0.3 is 16.4 Å². The number of likely N-dealkylation sites (N-methyl/N-ethyl adjacent to an activating group) is 1. The monoisotopic (exact) mass is 301 g/mol. The highest BCUT2D eigenvalue weighted by Crippen LogP contribution is 2.37. The van der Waals surface area contributed by atoms with Crippen LogP contribution in [0.1, 0.15) is 24.8 Å². The molecular formula is C17H23N3O2. The number of primary amides is 1. The first-order chi connectivity index (χ1) is 10.4. The van der Waals surface area contributed by atoms with Gasteiger partial charge in [0.15, 0.2) is 0 Å². The van der Waals surface area contributed by atoms with E-state index in [0.29, 0.717) is 19.4 Å². The van der Waals surface area contributed by atoms with Gasteiger partial charge in [-0.3, -0.25) is 9.59 Å². The van der Waals surface area contributed by atoms with E-state index < -0.39 is 5.41 Å². The molecule has 1 aliphatic carbocycles. The molecule has 0 aromatic heterocycles. The Kier molecular flexibility index (Phi) is 4.98. The largest absolute Gasteiger partial charge is 0.369 e. The van der Waals surface area contributed by atoms with Gasteiger partial charge in [0, 0.05) is 25.7 Å². The summed E-state index contributed by atoms with van der Waals surface area (Å²) in [6, 6.07) is 9.57. The number of amides is 2. The molecule has 2 rings (SSSR count). The molecule has 1 saturated carbocycles. The van der Waals surface area contributed by atoms with Crippen molar-refractivity contribution in [1.82, 2.24) is 4.90 Å². The van der Waals surface area contributed by atoms with Gasteiger partial charge in [-0.15, -0.1) is 0 Å². The molecule has 2 atom stereocenters. The molecule has 1 unspecified atom stereocenters. The van der Waals surface area contributed by atoms with Crippen molar-refractivity contribution < 1.29 is 9.59 Å². The number of nitrogens with two attached hydrogens (primary N) is 2. The second-order valence-corrected chi connectivity index (χ2v) is 6.09. The van der Waals surface area contributed by atoms with Crippen LogP contribution in [0.3, 0.4) is 0 Å². The molecule has 1 aromatic rings. The molecule has 2 amide bonds. The fraction of sp³-hybridized carbons (Fsp3) is 0.412. The topological polar surface area (TPSA) is 89.4 Å². The van der Waals surface area contributed by atoms with E-state index in [4.69, 9.17) is 11.5 Å². The molecule has 0 heterocycles. The molecule has 1 aliphatic rings. The fourth-order valence-electron chi connectivity index (χ4n) is 3.00. The average molecular weight is 301 g/mol. The van der Waals surface area contributed by atoms with E-state index in [-0.39, 0.29) is 17.9 Å². The van der Waals surface area contributed by atoms with Crippen LogP contribution in [-0.2, 0) is 9.59 Å². The van der Waals surface area contributed by atoms with E-state index in [2.05, 4.69) is 0 Å². The molecule has 5 heteroatoms. The van der Waals surface area contributed by atoms with E-state index >= 15 is 0 Å². The van der Waals surface area contributed by atoms with Gasteiger partial charge in [0.1, 0.15) is 0 Å². The Morgan fingerprint density at radius 1 is 1.36 bits per heavy atom. The molecule has 1 fully saturated rings. The van der Waals surface area contributed by atoms with Gasteiger partial charge in [-0.2, -0.15) is 0 Å². The summed E-state index contributed by atoms with van der Waals surface area (Å²) >= 11 is 0. The number of benzene rings is 1. The summed E-state index contributed by atoms with van der Waals surface area (Å²) in [5.41, 5.74) is 11.7. The maximum Gasteiger partial charge on any atom is 0.246 e. The highest BCUT2D eigenvalue weighted by Gasteiger charge is 2.44. The molecule has 0 radical (unpaired) electrons. The predicted octanol–water partition coefficient (Wildman–Crippen LogP) is 1.14. The van der Waals surface area contributed by atoms with Crippen LogP contribution in [-0.4, -0.2) is 36.3 Å². The molecule has 5 nitrogen and oxygen atoms in total. The van der Waals surface area contributed by atoms with Crippen LogP contribution >= 0.6 is 0 Å². The minimum atomic E-state index is -0.690. The number of hydrogen-bond acceptors (Lipinski definition) is 3. The van der Waals surface area contributed by atoms with Crippen molar-refractivity contribution in [3.8, 4) is 0 Å². The Balaban J connectivity index is 2.01. The normalized spacial score (nSPS) is 24.5. The van der Waals surface area contributed by atoms with Gasteiger partial charge in [0.05, 0.1) is 5.41 Å². The van der Waals surface area contributed by atoms with Crippen LogP contribution in [0.5, 0.6) is 0 Å². The van der Waals surface area contributed by atoms with Crippen LogP contribution in [0.15, 0.2) is 36.4 Å². The summed E-state index contributed by atoms with van der Waals surface area (Å²) < 4.78 is 0. The number of nitrogens with zero attached hydrogens (tertiary/aromatic N) is 1. The number of carbonyl (C=O) groups excluding carboxylic acids is 2. The highest BCUT2D eigenvalue weighted by molar-refractivity contribution is 5.92. The molecule has 4 N–H and O–H groups in total. The number of rotatable bonds is 5. The van der Waals surface area contributed by atoms with Gasteiger partial charge in [-0.25, -0.2) is 0 Å². The van der Waals surface area contributed by atoms with Crippen molar-refractivity contribution in [1.29, 1.82) is 0 Å². The Hall–Kier alpha value is -2.14. The summed E-state index contributed by atoms with van der Waals surface area (Å²) in [5, 5.41) is 0.